The molecule has 0 aromatic carbocycles. The lowest BCUT2D eigenvalue weighted by atomic mass is 9.86. The Hall–Kier alpha value is -0.0500. The molecule has 3 aliphatic rings. The van der Waals surface area contributed by atoms with Crippen molar-refractivity contribution in [3.8, 4) is 0 Å². The van der Waals surface area contributed by atoms with E-state index in [0.717, 1.165) is 30.3 Å². The number of halogens is 1. The van der Waals surface area contributed by atoms with Crippen molar-refractivity contribution in [1.82, 2.24) is 10.2 Å². The number of rotatable bonds is 3. The van der Waals surface area contributed by atoms with Gasteiger partial charge < -0.3 is 10.2 Å². The molecule has 0 amide bonds. The largest absolute Gasteiger partial charge is 0.356 e. The topological polar surface area (TPSA) is 61.8 Å². The quantitative estimate of drug-likeness (QED) is 0.392. The lowest BCUT2D eigenvalue weighted by Crippen LogP contribution is -2.57. The molecular formula is C17H32IN3O2S. The Morgan fingerprint density at radius 3 is 2.58 bits per heavy atom. The summed E-state index contributed by atoms with van der Waals surface area (Å²) in [7, 11) is -1.21. The minimum atomic E-state index is -3.00. The zero-order valence-corrected chi connectivity index (χ0v) is 18.3. The van der Waals surface area contributed by atoms with E-state index in [2.05, 4.69) is 15.2 Å². The second-order valence-electron chi connectivity index (χ2n) is 8.20. The summed E-state index contributed by atoms with van der Waals surface area (Å²) in [6, 6.07) is 0. The van der Waals surface area contributed by atoms with Crippen molar-refractivity contribution in [3.05, 3.63) is 0 Å². The van der Waals surface area contributed by atoms with Gasteiger partial charge in [-0.25, -0.2) is 8.42 Å². The van der Waals surface area contributed by atoms with Crippen molar-refractivity contribution in [3.63, 3.8) is 0 Å². The molecule has 1 N–H and O–H groups in total. The molecular weight excluding hydrogens is 437 g/mol. The van der Waals surface area contributed by atoms with Crippen LogP contribution in [0.2, 0.25) is 0 Å². The first-order valence-electron chi connectivity index (χ1n) is 9.00. The van der Waals surface area contributed by atoms with Crippen molar-refractivity contribution in [2.24, 2.45) is 22.7 Å². The molecule has 5 nitrogen and oxygen atoms in total. The van der Waals surface area contributed by atoms with Crippen LogP contribution in [0.5, 0.6) is 0 Å². The number of hydrogen-bond donors (Lipinski definition) is 1. The second kappa shape index (κ2) is 7.68. The Labute approximate surface area is 164 Å². The maximum Gasteiger partial charge on any atom is 0.193 e. The van der Waals surface area contributed by atoms with Crippen LogP contribution in [0.15, 0.2) is 4.99 Å². The number of nitrogens with one attached hydrogen (secondary N) is 1. The normalized spacial score (nSPS) is 34.0. The van der Waals surface area contributed by atoms with Crippen molar-refractivity contribution in [2.75, 3.05) is 32.4 Å². The van der Waals surface area contributed by atoms with Gasteiger partial charge in [0.05, 0.1) is 10.5 Å². The molecule has 0 radical (unpaired) electrons. The molecule has 140 valence electrons. The first-order chi connectivity index (χ1) is 10.8. The Morgan fingerprint density at radius 1 is 1.29 bits per heavy atom. The van der Waals surface area contributed by atoms with E-state index in [1.165, 1.54) is 32.1 Å². The van der Waals surface area contributed by atoms with Crippen LogP contribution in [-0.4, -0.2) is 56.5 Å². The Balaban J connectivity index is 0.00000208. The third-order valence-corrected chi connectivity index (χ3v) is 8.77. The fourth-order valence-corrected chi connectivity index (χ4v) is 6.12. The molecule has 3 atom stereocenters. The predicted molar refractivity (Wildman–Crippen MR) is 110 cm³/mol. The van der Waals surface area contributed by atoms with Gasteiger partial charge in [0.2, 0.25) is 0 Å². The van der Waals surface area contributed by atoms with Gasteiger partial charge in [0.1, 0.15) is 0 Å². The highest BCUT2D eigenvalue weighted by atomic mass is 127. The summed E-state index contributed by atoms with van der Waals surface area (Å²) in [6.45, 7) is 5.64. The fourth-order valence-electron chi connectivity index (χ4n) is 4.76. The number of sulfone groups is 1. The van der Waals surface area contributed by atoms with Crippen molar-refractivity contribution >= 4 is 39.8 Å². The molecule has 3 rings (SSSR count). The van der Waals surface area contributed by atoms with Gasteiger partial charge in [0, 0.05) is 26.7 Å². The van der Waals surface area contributed by atoms with Crippen LogP contribution in [0.3, 0.4) is 0 Å². The summed E-state index contributed by atoms with van der Waals surface area (Å²) in [5, 5.41) is 3.47. The predicted octanol–water partition coefficient (Wildman–Crippen LogP) is 2.52. The minimum absolute atomic E-state index is 0. The van der Waals surface area contributed by atoms with Crippen molar-refractivity contribution in [2.45, 2.75) is 50.7 Å². The molecule has 24 heavy (non-hydrogen) atoms. The molecule has 1 saturated heterocycles. The number of nitrogens with zero attached hydrogens (tertiary/aromatic N) is 2. The van der Waals surface area contributed by atoms with E-state index in [9.17, 15) is 8.42 Å². The average molecular weight is 469 g/mol. The van der Waals surface area contributed by atoms with Crippen LogP contribution in [0.25, 0.3) is 0 Å². The highest BCUT2D eigenvalue weighted by molar-refractivity contribution is 14.0. The second-order valence-corrected chi connectivity index (χ2v) is 10.9. The Kier molecular flexibility index (Phi) is 6.48. The third kappa shape index (κ3) is 4.02. The van der Waals surface area contributed by atoms with Gasteiger partial charge in [-0.05, 0) is 57.3 Å². The molecule has 2 saturated carbocycles. The summed E-state index contributed by atoms with van der Waals surface area (Å²) in [6.07, 6.45) is 6.98. The molecule has 1 heterocycles. The van der Waals surface area contributed by atoms with E-state index in [4.69, 9.17) is 0 Å². The monoisotopic (exact) mass is 469 g/mol. The standard InChI is InChI=1S/C17H31N3O2S.HI/c1-17(2)12-20(8-9-23(17,21)22)16(18-3)19-7-6-15-11-13-4-5-14(15)10-13;/h13-15H,4-12H2,1-3H3,(H,18,19);1H. The smallest absolute Gasteiger partial charge is 0.193 e. The Morgan fingerprint density at radius 2 is 2.04 bits per heavy atom. The first kappa shape index (κ1) is 20.3. The van der Waals surface area contributed by atoms with Crippen LogP contribution >= 0.6 is 24.0 Å². The molecule has 0 spiro atoms. The fraction of sp³-hybridized carbons (Fsp3) is 0.941. The van der Waals surface area contributed by atoms with Gasteiger partial charge in [-0.15, -0.1) is 24.0 Å². The zero-order valence-electron chi connectivity index (χ0n) is 15.1. The van der Waals surface area contributed by atoms with Crippen LogP contribution in [0, 0.1) is 17.8 Å². The molecule has 3 fully saturated rings. The molecule has 0 aromatic heterocycles. The van der Waals surface area contributed by atoms with E-state index in [0.29, 0.717) is 13.1 Å². The van der Waals surface area contributed by atoms with E-state index in [1.54, 1.807) is 7.05 Å². The molecule has 3 unspecified atom stereocenters. The van der Waals surface area contributed by atoms with E-state index in [1.807, 2.05) is 13.8 Å². The summed E-state index contributed by atoms with van der Waals surface area (Å²) in [5.41, 5.74) is 0. The van der Waals surface area contributed by atoms with Crippen LogP contribution in [0.4, 0.5) is 0 Å². The maximum atomic E-state index is 12.1. The molecule has 2 aliphatic carbocycles. The highest BCUT2D eigenvalue weighted by Gasteiger charge is 2.41. The number of guanidine groups is 1. The van der Waals surface area contributed by atoms with E-state index >= 15 is 0 Å². The summed E-state index contributed by atoms with van der Waals surface area (Å²) in [5.74, 6) is 3.92. The number of fused-ring (bicyclic) bond motifs is 2. The summed E-state index contributed by atoms with van der Waals surface area (Å²) >= 11 is 0. The number of hydrogen-bond acceptors (Lipinski definition) is 3. The maximum absolute atomic E-state index is 12.1. The lowest BCUT2D eigenvalue weighted by Gasteiger charge is -2.39. The summed E-state index contributed by atoms with van der Waals surface area (Å²) in [4.78, 5) is 6.47. The molecule has 2 bridgehead atoms. The molecule has 7 heteroatoms. The SMILES string of the molecule is CN=C(NCCC1CC2CCC1C2)N1CCS(=O)(=O)C(C)(C)C1.I. The van der Waals surface area contributed by atoms with Gasteiger partial charge >= 0.3 is 0 Å². The van der Waals surface area contributed by atoms with Crippen molar-refractivity contribution in [1.29, 1.82) is 0 Å². The van der Waals surface area contributed by atoms with Gasteiger partial charge in [-0.3, -0.25) is 4.99 Å². The van der Waals surface area contributed by atoms with E-state index in [-0.39, 0.29) is 29.7 Å². The average Bonchev–Trinajstić information content (AvgIpc) is 3.09. The zero-order chi connectivity index (χ0) is 16.7. The van der Waals surface area contributed by atoms with Crippen molar-refractivity contribution < 1.29 is 8.42 Å². The van der Waals surface area contributed by atoms with Gasteiger partial charge in [-0.2, -0.15) is 0 Å². The number of aliphatic imine (C=N–C) groups is 1. The lowest BCUT2D eigenvalue weighted by molar-refractivity contribution is 0.310. The minimum Gasteiger partial charge on any atom is -0.356 e. The van der Waals surface area contributed by atoms with Gasteiger partial charge in [0.15, 0.2) is 15.8 Å². The first-order valence-corrected chi connectivity index (χ1v) is 10.7. The summed E-state index contributed by atoms with van der Waals surface area (Å²) < 4.78 is 23.6. The molecule has 0 aromatic rings. The van der Waals surface area contributed by atoms with Gasteiger partial charge in [0.25, 0.3) is 0 Å². The highest BCUT2D eigenvalue weighted by Crippen LogP contribution is 2.49. The van der Waals surface area contributed by atoms with E-state index < -0.39 is 14.6 Å². The Bertz CT molecular complexity index is 576. The van der Waals surface area contributed by atoms with Gasteiger partial charge in [-0.1, -0.05) is 6.42 Å². The molecule has 1 aliphatic heterocycles. The van der Waals surface area contributed by atoms with Crippen LogP contribution in [-0.2, 0) is 9.84 Å². The van der Waals surface area contributed by atoms with Crippen LogP contribution in [0.1, 0.15) is 46.0 Å². The third-order valence-electron chi connectivity index (χ3n) is 6.24. The van der Waals surface area contributed by atoms with Crippen LogP contribution < -0.4 is 5.32 Å².